The zero-order valence-corrected chi connectivity index (χ0v) is 33.4. The summed E-state index contributed by atoms with van der Waals surface area (Å²) in [6, 6.07) is 0. The summed E-state index contributed by atoms with van der Waals surface area (Å²) in [4.78, 5) is 25.6. The molecule has 0 aliphatic carbocycles. The Balaban J connectivity index is 3.78. The summed E-state index contributed by atoms with van der Waals surface area (Å²) in [6.07, 6.45) is 40.1. The molecule has 286 valence electrons. The maximum absolute atomic E-state index is 12.8. The summed E-state index contributed by atoms with van der Waals surface area (Å²) >= 11 is 0. The Kier molecular flexibility index (Phi) is 36.4. The van der Waals surface area contributed by atoms with Crippen molar-refractivity contribution in [2.24, 2.45) is 17.8 Å². The van der Waals surface area contributed by atoms with Gasteiger partial charge in [0, 0.05) is 0 Å². The van der Waals surface area contributed by atoms with Crippen molar-refractivity contribution in [3.8, 4) is 0 Å². The number of carbonyl (C=O) groups is 2. The van der Waals surface area contributed by atoms with E-state index in [9.17, 15) is 9.59 Å². The van der Waals surface area contributed by atoms with Gasteiger partial charge < -0.3 is 9.47 Å². The SMILES string of the molecule is CCCCCC(C(=O)OCCCCCCCCCCCCCCCC(C)C)C(=O)OCCCCCCCCCCCCCCCC(C)C. The van der Waals surface area contributed by atoms with E-state index in [0.717, 1.165) is 56.8 Å². The molecule has 0 unspecified atom stereocenters. The molecule has 0 aliphatic rings. The van der Waals surface area contributed by atoms with Crippen LogP contribution in [0.4, 0.5) is 0 Å². The number of carbonyl (C=O) groups excluding carboxylic acids is 2. The average molecular weight is 679 g/mol. The third-order valence-electron chi connectivity index (χ3n) is 10.0. The van der Waals surface area contributed by atoms with Gasteiger partial charge in [0.2, 0.25) is 0 Å². The fourth-order valence-electron chi connectivity index (χ4n) is 6.68. The summed E-state index contributed by atoms with van der Waals surface area (Å²) in [5, 5.41) is 0. The first-order valence-corrected chi connectivity index (χ1v) is 21.7. The molecular weight excluding hydrogens is 592 g/mol. The largest absolute Gasteiger partial charge is 0.465 e. The molecule has 0 fully saturated rings. The van der Waals surface area contributed by atoms with Gasteiger partial charge in [-0.25, -0.2) is 0 Å². The molecule has 4 nitrogen and oxygen atoms in total. The fraction of sp³-hybridized carbons (Fsp3) is 0.955. The average Bonchev–Trinajstić information content (AvgIpc) is 3.05. The Morgan fingerprint density at radius 3 is 0.875 bits per heavy atom. The van der Waals surface area contributed by atoms with E-state index in [0.29, 0.717) is 19.6 Å². The van der Waals surface area contributed by atoms with E-state index < -0.39 is 5.92 Å². The quantitative estimate of drug-likeness (QED) is 0.0370. The molecule has 0 aromatic heterocycles. The van der Waals surface area contributed by atoms with Gasteiger partial charge in [0.25, 0.3) is 0 Å². The second kappa shape index (κ2) is 37.2. The maximum atomic E-state index is 12.8. The number of hydrogen-bond donors (Lipinski definition) is 0. The van der Waals surface area contributed by atoms with Gasteiger partial charge in [-0.3, -0.25) is 9.59 Å². The molecule has 0 N–H and O–H groups in total. The lowest BCUT2D eigenvalue weighted by molar-refractivity contribution is -0.162. The van der Waals surface area contributed by atoms with Crippen LogP contribution < -0.4 is 0 Å². The molecule has 0 bridgehead atoms. The monoisotopic (exact) mass is 679 g/mol. The van der Waals surface area contributed by atoms with Gasteiger partial charge in [-0.15, -0.1) is 0 Å². The first-order valence-electron chi connectivity index (χ1n) is 21.7. The third kappa shape index (κ3) is 34.8. The highest BCUT2D eigenvalue weighted by Gasteiger charge is 2.29. The van der Waals surface area contributed by atoms with Crippen molar-refractivity contribution < 1.29 is 19.1 Å². The van der Waals surface area contributed by atoms with Crippen molar-refractivity contribution in [3.05, 3.63) is 0 Å². The minimum atomic E-state index is -0.753. The van der Waals surface area contributed by atoms with Crippen LogP contribution in [0.3, 0.4) is 0 Å². The van der Waals surface area contributed by atoms with Crippen molar-refractivity contribution in [2.45, 2.75) is 240 Å². The van der Waals surface area contributed by atoms with Gasteiger partial charge in [0.1, 0.15) is 0 Å². The highest BCUT2D eigenvalue weighted by atomic mass is 16.6. The Bertz CT molecular complexity index is 621. The summed E-state index contributed by atoms with van der Waals surface area (Å²) in [5.41, 5.74) is 0. The Hall–Kier alpha value is -1.06. The molecular formula is C44H86O4. The standard InChI is InChI=1S/C44H86O4/c1-6-7-30-37-42(43(45)47-38-33-28-24-20-16-12-8-10-14-18-22-26-31-35-40(2)3)44(46)48-39-34-29-25-21-17-13-9-11-15-19-23-27-32-36-41(4)5/h40-42H,6-39H2,1-5H3. The summed E-state index contributed by atoms with van der Waals surface area (Å²) in [5.74, 6) is 0.207. The van der Waals surface area contributed by atoms with Crippen molar-refractivity contribution in [1.29, 1.82) is 0 Å². The zero-order valence-electron chi connectivity index (χ0n) is 33.4. The van der Waals surface area contributed by atoms with Gasteiger partial charge in [0.05, 0.1) is 13.2 Å². The lowest BCUT2D eigenvalue weighted by Crippen LogP contribution is -2.28. The van der Waals surface area contributed by atoms with Crippen molar-refractivity contribution in [3.63, 3.8) is 0 Å². The molecule has 0 aromatic rings. The van der Waals surface area contributed by atoms with Crippen LogP contribution >= 0.6 is 0 Å². The molecule has 0 saturated heterocycles. The fourth-order valence-corrected chi connectivity index (χ4v) is 6.68. The van der Waals surface area contributed by atoms with E-state index in [1.54, 1.807) is 0 Å². The molecule has 0 radical (unpaired) electrons. The summed E-state index contributed by atoms with van der Waals surface area (Å²) in [6.45, 7) is 12.3. The Morgan fingerprint density at radius 2 is 0.604 bits per heavy atom. The highest BCUT2D eigenvalue weighted by molar-refractivity contribution is 5.94. The van der Waals surface area contributed by atoms with Crippen molar-refractivity contribution in [1.82, 2.24) is 0 Å². The second-order valence-electron chi connectivity index (χ2n) is 15.9. The van der Waals surface area contributed by atoms with E-state index in [2.05, 4.69) is 34.6 Å². The van der Waals surface area contributed by atoms with Gasteiger partial charge in [-0.2, -0.15) is 0 Å². The molecule has 48 heavy (non-hydrogen) atoms. The van der Waals surface area contributed by atoms with Crippen LogP contribution in [0.1, 0.15) is 240 Å². The third-order valence-corrected chi connectivity index (χ3v) is 10.0. The first-order chi connectivity index (χ1) is 23.4. The van der Waals surface area contributed by atoms with Crippen LogP contribution in [-0.2, 0) is 19.1 Å². The minimum absolute atomic E-state index is 0.373. The van der Waals surface area contributed by atoms with Gasteiger partial charge >= 0.3 is 11.9 Å². The van der Waals surface area contributed by atoms with E-state index in [-0.39, 0.29) is 11.9 Å². The number of esters is 2. The topological polar surface area (TPSA) is 52.6 Å². The van der Waals surface area contributed by atoms with E-state index >= 15 is 0 Å². The predicted octanol–water partition coefficient (Wildman–Crippen LogP) is 14.5. The van der Waals surface area contributed by atoms with E-state index in [1.165, 1.54) is 154 Å². The Morgan fingerprint density at radius 1 is 0.354 bits per heavy atom. The summed E-state index contributed by atoms with van der Waals surface area (Å²) < 4.78 is 11.1. The highest BCUT2D eigenvalue weighted by Crippen LogP contribution is 2.18. The molecule has 0 rings (SSSR count). The summed E-state index contributed by atoms with van der Waals surface area (Å²) in [7, 11) is 0. The first kappa shape index (κ1) is 46.9. The van der Waals surface area contributed by atoms with Crippen LogP contribution in [-0.4, -0.2) is 25.2 Å². The molecule has 0 heterocycles. The van der Waals surface area contributed by atoms with E-state index in [1.807, 2.05) is 0 Å². The molecule has 0 aromatic carbocycles. The van der Waals surface area contributed by atoms with Crippen LogP contribution in [0.25, 0.3) is 0 Å². The van der Waals surface area contributed by atoms with E-state index in [4.69, 9.17) is 9.47 Å². The number of rotatable bonds is 38. The second-order valence-corrected chi connectivity index (χ2v) is 15.9. The lowest BCUT2D eigenvalue weighted by Gasteiger charge is -2.15. The molecule has 4 heteroatoms. The lowest BCUT2D eigenvalue weighted by atomic mass is 10.0. The number of ether oxygens (including phenoxy) is 2. The zero-order chi connectivity index (χ0) is 35.3. The molecule has 0 saturated carbocycles. The van der Waals surface area contributed by atoms with Crippen LogP contribution in [0.5, 0.6) is 0 Å². The molecule has 0 amide bonds. The van der Waals surface area contributed by atoms with Crippen LogP contribution in [0.2, 0.25) is 0 Å². The maximum Gasteiger partial charge on any atom is 0.320 e. The number of unbranched alkanes of at least 4 members (excludes halogenated alkanes) is 26. The van der Waals surface area contributed by atoms with Gasteiger partial charge in [-0.1, -0.05) is 221 Å². The van der Waals surface area contributed by atoms with Crippen molar-refractivity contribution >= 4 is 11.9 Å². The van der Waals surface area contributed by atoms with Gasteiger partial charge in [-0.05, 0) is 31.1 Å². The van der Waals surface area contributed by atoms with Crippen LogP contribution in [0.15, 0.2) is 0 Å². The van der Waals surface area contributed by atoms with Crippen LogP contribution in [0, 0.1) is 17.8 Å². The van der Waals surface area contributed by atoms with Gasteiger partial charge in [0.15, 0.2) is 5.92 Å². The molecule has 0 aliphatic heterocycles. The predicted molar refractivity (Wildman–Crippen MR) is 209 cm³/mol. The minimum Gasteiger partial charge on any atom is -0.465 e. The Labute approximate surface area is 301 Å². The smallest absolute Gasteiger partial charge is 0.320 e. The van der Waals surface area contributed by atoms with Crippen molar-refractivity contribution in [2.75, 3.05) is 13.2 Å². The molecule has 0 spiro atoms. The molecule has 0 atom stereocenters. The normalized spacial score (nSPS) is 11.7. The number of hydrogen-bond acceptors (Lipinski definition) is 4.